The summed E-state index contributed by atoms with van der Waals surface area (Å²) < 4.78 is 46.6. The van der Waals surface area contributed by atoms with Gasteiger partial charge in [0, 0.05) is 17.4 Å². The molecule has 156 valence electrons. The van der Waals surface area contributed by atoms with Crippen molar-refractivity contribution in [2.45, 2.75) is 11.8 Å². The fourth-order valence-electron chi connectivity index (χ4n) is 2.71. The zero-order chi connectivity index (χ0) is 21.9. The molecule has 0 spiro atoms. The van der Waals surface area contributed by atoms with Crippen LogP contribution >= 0.6 is 11.6 Å². The number of hydrogen-bond donors (Lipinski definition) is 2. The van der Waals surface area contributed by atoms with Crippen molar-refractivity contribution in [3.8, 4) is 5.75 Å². The summed E-state index contributed by atoms with van der Waals surface area (Å²) in [6.07, 6.45) is 0. The average molecular weight is 449 g/mol. The largest absolute Gasteiger partial charge is 0.494 e. The number of rotatable bonds is 6. The van der Waals surface area contributed by atoms with Gasteiger partial charge >= 0.3 is 0 Å². The van der Waals surface area contributed by atoms with E-state index in [0.717, 1.165) is 17.7 Å². The Hall–Kier alpha value is -3.10. The zero-order valence-corrected chi connectivity index (χ0v) is 17.6. The number of methoxy groups -OCH3 is 1. The van der Waals surface area contributed by atoms with Gasteiger partial charge in [0.25, 0.3) is 15.9 Å². The third kappa shape index (κ3) is 4.90. The third-order valence-corrected chi connectivity index (χ3v) is 5.88. The Balaban J connectivity index is 1.87. The van der Waals surface area contributed by atoms with Gasteiger partial charge in [-0.25, -0.2) is 12.8 Å². The van der Waals surface area contributed by atoms with Crippen molar-refractivity contribution in [2.24, 2.45) is 0 Å². The standard InChI is InChI=1S/C21H18ClFN2O4S/c1-13-4-3-5-15(10-13)25-30(27,28)16-7-8-18(22)17(12-16)21(26)24-14-6-9-20(29-2)19(23)11-14/h3-12,25H,1-2H3,(H,24,26). The van der Waals surface area contributed by atoms with Crippen LogP contribution in [0.2, 0.25) is 5.02 Å². The molecule has 2 N–H and O–H groups in total. The van der Waals surface area contributed by atoms with E-state index in [2.05, 4.69) is 10.0 Å². The number of hydrogen-bond acceptors (Lipinski definition) is 4. The molecule has 0 aliphatic rings. The van der Waals surface area contributed by atoms with E-state index in [9.17, 15) is 17.6 Å². The minimum atomic E-state index is -3.96. The van der Waals surface area contributed by atoms with Gasteiger partial charge in [-0.3, -0.25) is 9.52 Å². The average Bonchev–Trinajstić information content (AvgIpc) is 2.68. The maximum Gasteiger partial charge on any atom is 0.261 e. The molecule has 1 amide bonds. The van der Waals surface area contributed by atoms with Gasteiger partial charge in [-0.15, -0.1) is 0 Å². The lowest BCUT2D eigenvalue weighted by Gasteiger charge is -2.12. The zero-order valence-electron chi connectivity index (χ0n) is 16.1. The van der Waals surface area contributed by atoms with Crippen LogP contribution < -0.4 is 14.8 Å². The normalized spacial score (nSPS) is 11.1. The van der Waals surface area contributed by atoms with Crippen LogP contribution in [0.5, 0.6) is 5.75 Å². The third-order valence-electron chi connectivity index (χ3n) is 4.17. The summed E-state index contributed by atoms with van der Waals surface area (Å²) in [4.78, 5) is 12.5. The lowest BCUT2D eigenvalue weighted by molar-refractivity contribution is 0.102. The van der Waals surface area contributed by atoms with E-state index in [4.69, 9.17) is 16.3 Å². The highest BCUT2D eigenvalue weighted by molar-refractivity contribution is 7.92. The van der Waals surface area contributed by atoms with Crippen LogP contribution in [-0.4, -0.2) is 21.4 Å². The summed E-state index contributed by atoms with van der Waals surface area (Å²) in [5, 5.41) is 2.54. The van der Waals surface area contributed by atoms with E-state index in [1.807, 2.05) is 13.0 Å². The van der Waals surface area contributed by atoms with Gasteiger partial charge in [-0.1, -0.05) is 23.7 Å². The van der Waals surface area contributed by atoms with Crippen molar-refractivity contribution in [3.63, 3.8) is 0 Å². The summed E-state index contributed by atoms with van der Waals surface area (Å²) >= 11 is 6.10. The molecule has 0 saturated heterocycles. The lowest BCUT2D eigenvalue weighted by atomic mass is 10.2. The second-order valence-electron chi connectivity index (χ2n) is 6.42. The van der Waals surface area contributed by atoms with Crippen molar-refractivity contribution in [3.05, 3.63) is 82.6 Å². The van der Waals surface area contributed by atoms with Gasteiger partial charge in [-0.05, 0) is 55.0 Å². The highest BCUT2D eigenvalue weighted by Crippen LogP contribution is 2.25. The molecule has 0 atom stereocenters. The quantitative estimate of drug-likeness (QED) is 0.564. The number of anilines is 2. The molecule has 30 heavy (non-hydrogen) atoms. The number of benzene rings is 3. The lowest BCUT2D eigenvalue weighted by Crippen LogP contribution is -2.16. The molecule has 0 aliphatic carbocycles. The molecule has 3 aromatic carbocycles. The van der Waals surface area contributed by atoms with E-state index in [1.54, 1.807) is 18.2 Å². The van der Waals surface area contributed by atoms with Crippen LogP contribution in [0.1, 0.15) is 15.9 Å². The fourth-order valence-corrected chi connectivity index (χ4v) is 3.99. The Kier molecular flexibility index (Phi) is 6.28. The van der Waals surface area contributed by atoms with Crippen LogP contribution in [0.3, 0.4) is 0 Å². The summed E-state index contributed by atoms with van der Waals surface area (Å²) in [6, 6.07) is 14.5. The van der Waals surface area contributed by atoms with Crippen LogP contribution in [0, 0.1) is 12.7 Å². The molecular formula is C21H18ClFN2O4S. The van der Waals surface area contributed by atoms with E-state index >= 15 is 0 Å². The van der Waals surface area contributed by atoms with Gasteiger partial charge < -0.3 is 10.1 Å². The van der Waals surface area contributed by atoms with Gasteiger partial charge in [0.05, 0.1) is 22.6 Å². The minimum absolute atomic E-state index is 0.0290. The number of nitrogens with one attached hydrogen (secondary N) is 2. The predicted molar refractivity (Wildman–Crippen MR) is 114 cm³/mol. The second kappa shape index (κ2) is 8.73. The van der Waals surface area contributed by atoms with E-state index in [1.165, 1.54) is 31.4 Å². The Morgan fingerprint density at radius 3 is 2.47 bits per heavy atom. The van der Waals surface area contributed by atoms with Crippen molar-refractivity contribution in [1.82, 2.24) is 0 Å². The molecule has 0 heterocycles. The Labute approximate surface area is 178 Å². The van der Waals surface area contributed by atoms with Crippen LogP contribution in [0.25, 0.3) is 0 Å². The molecule has 0 aliphatic heterocycles. The van der Waals surface area contributed by atoms with Gasteiger partial charge in [-0.2, -0.15) is 0 Å². The van der Waals surface area contributed by atoms with Crippen LogP contribution in [0.15, 0.2) is 65.6 Å². The van der Waals surface area contributed by atoms with Crippen LogP contribution in [0.4, 0.5) is 15.8 Å². The molecule has 0 bridgehead atoms. The molecule has 0 fully saturated rings. The highest BCUT2D eigenvalue weighted by atomic mass is 35.5. The molecule has 0 saturated carbocycles. The Bertz CT molecular complexity index is 1220. The maximum atomic E-state index is 13.8. The number of ether oxygens (including phenoxy) is 1. The SMILES string of the molecule is COc1ccc(NC(=O)c2cc(S(=O)(=O)Nc3cccc(C)c3)ccc2Cl)cc1F. The minimum Gasteiger partial charge on any atom is -0.494 e. The number of halogens is 2. The first-order valence-corrected chi connectivity index (χ1v) is 10.6. The van der Waals surface area contributed by atoms with Gasteiger partial charge in [0.2, 0.25) is 0 Å². The van der Waals surface area contributed by atoms with E-state index < -0.39 is 21.7 Å². The molecule has 6 nitrogen and oxygen atoms in total. The summed E-state index contributed by atoms with van der Waals surface area (Å²) in [7, 11) is -2.63. The first-order chi connectivity index (χ1) is 14.2. The maximum absolute atomic E-state index is 13.8. The first kappa shape index (κ1) is 21.6. The van der Waals surface area contributed by atoms with Crippen molar-refractivity contribution in [1.29, 1.82) is 0 Å². The van der Waals surface area contributed by atoms with Crippen LogP contribution in [-0.2, 0) is 10.0 Å². The van der Waals surface area contributed by atoms with Crippen molar-refractivity contribution in [2.75, 3.05) is 17.1 Å². The Morgan fingerprint density at radius 1 is 1.03 bits per heavy atom. The second-order valence-corrected chi connectivity index (χ2v) is 8.51. The molecule has 0 aromatic heterocycles. The van der Waals surface area contributed by atoms with Gasteiger partial charge in [0.1, 0.15) is 0 Å². The number of sulfonamides is 1. The number of carbonyl (C=O) groups is 1. The van der Waals surface area contributed by atoms with E-state index in [-0.39, 0.29) is 26.9 Å². The van der Waals surface area contributed by atoms with Crippen molar-refractivity contribution >= 4 is 38.9 Å². The predicted octanol–water partition coefficient (Wildman–Crippen LogP) is 4.85. The fraction of sp³-hybridized carbons (Fsp3) is 0.0952. The van der Waals surface area contributed by atoms with E-state index in [0.29, 0.717) is 5.69 Å². The molecule has 0 unspecified atom stereocenters. The molecule has 3 rings (SSSR count). The number of carbonyl (C=O) groups excluding carboxylic acids is 1. The summed E-state index contributed by atoms with van der Waals surface area (Å²) in [5.41, 5.74) is 1.38. The number of aryl methyl sites for hydroxylation is 1. The monoisotopic (exact) mass is 448 g/mol. The number of amides is 1. The molecule has 3 aromatic rings. The topological polar surface area (TPSA) is 84.5 Å². The first-order valence-electron chi connectivity index (χ1n) is 8.73. The molecule has 0 radical (unpaired) electrons. The van der Waals surface area contributed by atoms with Gasteiger partial charge in [0.15, 0.2) is 11.6 Å². The Morgan fingerprint density at radius 2 is 1.80 bits per heavy atom. The summed E-state index contributed by atoms with van der Waals surface area (Å²) in [6.45, 7) is 1.84. The summed E-state index contributed by atoms with van der Waals surface area (Å²) in [5.74, 6) is -1.31. The van der Waals surface area contributed by atoms with Crippen molar-refractivity contribution < 1.29 is 22.3 Å². The molecule has 9 heteroatoms. The smallest absolute Gasteiger partial charge is 0.261 e. The molecular weight excluding hydrogens is 431 g/mol. The highest BCUT2D eigenvalue weighted by Gasteiger charge is 2.19.